The number of nitrogens with zero attached hydrogens (tertiary/aromatic N) is 3. The fraction of sp³-hybridized carbons (Fsp3) is 0.698. The van der Waals surface area contributed by atoms with Gasteiger partial charge in [-0.05, 0) is 136 Å². The summed E-state index contributed by atoms with van der Waals surface area (Å²) in [6, 6.07) is -10.1. The standard InChI is InChI=1S/C53H97FN22O10/c1-32(69-47(81)39(17-23-60)71-45(79)35(61)12-2-5-18-55)44(78)67-29-43(77)70-40(15-10-22-59)52(86)76-30-33(54)26-42(76)51(85)75-41(27-34-28-64-31-68-34)50(84)74-37(14-4-7-20-57)48(82)73-38(16-11-25-66-53(62)63)49(83)72-36(13-3-6-19-56)46(80)65-24-9-8-21-58/h16,28,31-33,35-37,39-42H,2-15,17-27,29-30,55-61H2,1H3,(H,64,68)(H,65,80)(H,67,78)(H,69,81)(H,70,77)(H,71,79)(H,72,83)(H,73,82)(H,74,84)(H,75,85)(H4,62,63,66)/b38-16-/t32-,33+,35-,36-,37-,39-,40+,41-,42-/m0/s1. The van der Waals surface area contributed by atoms with E-state index in [9.17, 15) is 47.9 Å². The molecule has 28 N–H and O–H groups in total. The third-order valence-corrected chi connectivity index (χ3v) is 13.7. The minimum absolute atomic E-state index is 0.0114. The summed E-state index contributed by atoms with van der Waals surface area (Å²) in [4.78, 5) is 149. The van der Waals surface area contributed by atoms with Gasteiger partial charge in [-0.2, -0.15) is 0 Å². The van der Waals surface area contributed by atoms with Gasteiger partial charge in [-0.25, -0.2) is 9.37 Å². The van der Waals surface area contributed by atoms with Crippen LogP contribution in [0.4, 0.5) is 4.39 Å². The lowest BCUT2D eigenvalue weighted by Gasteiger charge is -2.30. The first-order valence-corrected chi connectivity index (χ1v) is 29.5. The van der Waals surface area contributed by atoms with Gasteiger partial charge in [-0.1, -0.05) is 12.5 Å². The van der Waals surface area contributed by atoms with Gasteiger partial charge < -0.3 is 109 Å². The van der Waals surface area contributed by atoms with Crippen molar-refractivity contribution in [3.63, 3.8) is 0 Å². The molecule has 0 unspecified atom stereocenters. The number of unbranched alkanes of at least 4 members (excludes halogenated alkanes) is 4. The quantitative estimate of drug-likeness (QED) is 0.0125. The highest BCUT2D eigenvalue weighted by Crippen LogP contribution is 2.23. The fourth-order valence-electron chi connectivity index (χ4n) is 8.91. The van der Waals surface area contributed by atoms with E-state index < -0.39 is 133 Å². The molecule has 0 aromatic carbocycles. The van der Waals surface area contributed by atoms with E-state index in [1.807, 2.05) is 0 Å². The molecule has 1 aromatic rings. The number of hydrogen-bond acceptors (Lipinski definition) is 19. The third-order valence-electron chi connectivity index (χ3n) is 13.7. The lowest BCUT2D eigenvalue weighted by Crippen LogP contribution is -2.59. The Bertz CT molecular complexity index is 2350. The highest BCUT2D eigenvalue weighted by Gasteiger charge is 2.43. The van der Waals surface area contributed by atoms with Gasteiger partial charge >= 0.3 is 0 Å². The number of nitrogens with two attached hydrogens (primary N) is 9. The van der Waals surface area contributed by atoms with E-state index in [2.05, 4.69) is 62.8 Å². The van der Waals surface area contributed by atoms with Crippen molar-refractivity contribution in [1.29, 1.82) is 0 Å². The lowest BCUT2D eigenvalue weighted by molar-refractivity contribution is -0.142. The molecule has 1 aliphatic rings. The largest absolute Gasteiger partial charge is 0.370 e. The molecule has 1 aromatic heterocycles. The summed E-state index contributed by atoms with van der Waals surface area (Å²) in [6.07, 6.45) is 6.62. The third kappa shape index (κ3) is 28.6. The number of carbonyl (C=O) groups is 10. The Labute approximate surface area is 501 Å². The van der Waals surface area contributed by atoms with Crippen LogP contribution in [0.15, 0.2) is 29.3 Å². The van der Waals surface area contributed by atoms with Gasteiger partial charge in [0.05, 0.1) is 25.5 Å². The molecular formula is C53H97FN22O10. The predicted octanol–water partition coefficient (Wildman–Crippen LogP) is -6.74. The van der Waals surface area contributed by atoms with Crippen molar-refractivity contribution in [2.75, 3.05) is 65.4 Å². The number of amides is 10. The van der Waals surface area contributed by atoms with Crippen LogP contribution in [0, 0.1) is 0 Å². The number of aromatic amines is 1. The second-order valence-corrected chi connectivity index (χ2v) is 20.9. The van der Waals surface area contributed by atoms with Crippen LogP contribution >= 0.6 is 0 Å². The maximum atomic E-state index is 15.5. The molecule has 0 spiro atoms. The van der Waals surface area contributed by atoms with Crippen LogP contribution in [-0.2, 0) is 54.4 Å². The van der Waals surface area contributed by atoms with Gasteiger partial charge in [-0.3, -0.25) is 52.9 Å². The summed E-state index contributed by atoms with van der Waals surface area (Å²) in [5, 5.41) is 23.3. The zero-order valence-electron chi connectivity index (χ0n) is 49.5. The van der Waals surface area contributed by atoms with Crippen LogP contribution in [0.5, 0.6) is 0 Å². The van der Waals surface area contributed by atoms with Crippen molar-refractivity contribution in [1.82, 2.24) is 62.7 Å². The van der Waals surface area contributed by atoms with Crippen LogP contribution in [0.1, 0.15) is 115 Å². The van der Waals surface area contributed by atoms with E-state index >= 15 is 4.39 Å². The summed E-state index contributed by atoms with van der Waals surface area (Å²) < 4.78 is 15.5. The Morgan fingerprint density at radius 3 is 1.84 bits per heavy atom. The number of H-pyrrole nitrogens is 1. The molecule has 32 nitrogen and oxygen atoms in total. The van der Waals surface area contributed by atoms with Gasteiger partial charge in [0.2, 0.25) is 53.2 Å². The molecule has 33 heteroatoms. The van der Waals surface area contributed by atoms with Gasteiger partial charge in [0.25, 0.3) is 5.91 Å². The Kier molecular flexibility index (Phi) is 36.8. The molecule has 2 heterocycles. The van der Waals surface area contributed by atoms with E-state index in [0.29, 0.717) is 89.7 Å². The smallest absolute Gasteiger partial charge is 0.268 e. The van der Waals surface area contributed by atoms with Crippen LogP contribution in [0.25, 0.3) is 0 Å². The van der Waals surface area contributed by atoms with Gasteiger partial charge in [0, 0.05) is 37.8 Å². The number of alkyl halides is 1. The van der Waals surface area contributed by atoms with Gasteiger partial charge in [0.1, 0.15) is 54.2 Å². The van der Waals surface area contributed by atoms with E-state index in [1.54, 1.807) is 0 Å². The number of halogens is 1. The van der Waals surface area contributed by atoms with E-state index in [4.69, 9.17) is 51.6 Å². The Morgan fingerprint density at radius 2 is 1.23 bits per heavy atom. The number of aromatic nitrogens is 2. The first-order chi connectivity index (χ1) is 41.1. The van der Waals surface area contributed by atoms with Crippen molar-refractivity contribution in [2.24, 2.45) is 56.6 Å². The topological polar surface area (TPSA) is 557 Å². The number of guanidine groups is 1. The summed E-state index contributed by atoms with van der Waals surface area (Å²) in [7, 11) is 0. The minimum atomic E-state index is -1.72. The first-order valence-electron chi connectivity index (χ1n) is 29.5. The zero-order valence-corrected chi connectivity index (χ0v) is 49.5. The summed E-state index contributed by atoms with van der Waals surface area (Å²) in [5.74, 6) is -8.11. The summed E-state index contributed by atoms with van der Waals surface area (Å²) >= 11 is 0. The Morgan fingerprint density at radius 1 is 0.651 bits per heavy atom. The van der Waals surface area contributed by atoms with Crippen LogP contribution in [0.3, 0.4) is 0 Å². The molecule has 2 rings (SSSR count). The van der Waals surface area contributed by atoms with Crippen LogP contribution in [-0.4, -0.2) is 200 Å². The molecule has 1 aliphatic heterocycles. The number of carbonyl (C=O) groups excluding carboxylic acids is 10. The van der Waals surface area contributed by atoms with Crippen LogP contribution < -0.4 is 99.5 Å². The monoisotopic (exact) mass is 1220 g/mol. The second kappa shape index (κ2) is 42.4. The molecular weight excluding hydrogens is 1120 g/mol. The van der Waals surface area contributed by atoms with Crippen molar-refractivity contribution in [3.05, 3.63) is 30.0 Å². The first kappa shape index (κ1) is 74.7. The lowest BCUT2D eigenvalue weighted by atomic mass is 10.0. The van der Waals surface area contributed by atoms with E-state index in [0.717, 1.165) is 4.90 Å². The summed E-state index contributed by atoms with van der Waals surface area (Å²) in [6.45, 7) is 1.90. The molecule has 10 amide bonds. The minimum Gasteiger partial charge on any atom is -0.370 e. The molecule has 486 valence electrons. The predicted molar refractivity (Wildman–Crippen MR) is 319 cm³/mol. The van der Waals surface area contributed by atoms with Crippen molar-refractivity contribution < 1.29 is 52.3 Å². The number of imidazole rings is 1. The number of hydrogen-bond donors (Lipinski definition) is 19. The molecule has 1 fully saturated rings. The van der Waals surface area contributed by atoms with Crippen molar-refractivity contribution in [2.45, 2.75) is 171 Å². The Balaban J connectivity index is 2.35. The molecule has 0 radical (unpaired) electrons. The number of aliphatic imine (C=N–C) groups is 1. The number of likely N-dealkylation sites (tertiary alicyclic amines) is 1. The zero-order chi connectivity index (χ0) is 64.0. The molecule has 0 saturated carbocycles. The molecule has 86 heavy (non-hydrogen) atoms. The average molecular weight is 1220 g/mol. The van der Waals surface area contributed by atoms with Crippen LogP contribution in [0.2, 0.25) is 0 Å². The average Bonchev–Trinajstić information content (AvgIpc) is 4.16. The van der Waals surface area contributed by atoms with Gasteiger partial charge in [0.15, 0.2) is 5.96 Å². The Hall–Kier alpha value is -7.43. The molecule has 0 aliphatic carbocycles. The normalized spacial score (nSPS) is 16.4. The number of nitrogens with one attached hydrogen (secondary N) is 10. The van der Waals surface area contributed by atoms with Crippen molar-refractivity contribution in [3.8, 4) is 0 Å². The van der Waals surface area contributed by atoms with E-state index in [-0.39, 0.29) is 82.8 Å². The highest BCUT2D eigenvalue weighted by atomic mass is 19.1. The maximum Gasteiger partial charge on any atom is 0.268 e. The fourth-order valence-corrected chi connectivity index (χ4v) is 8.91. The SMILES string of the molecule is C[C@H](NC(=O)[C@H](CCN)NC(=O)[C@@H](N)CCCCN)C(=O)NCC(=O)N[C@H](CCCN)C(=O)N1C[C@H](F)C[C@H]1C(=O)N[C@@H](Cc1cnc[nH]1)C(=O)N[C@@H](CCCCN)C(=O)N/C(=C\CCN=C(N)N)C(=O)N[C@@H](CCCCN)C(=O)NCCCCN. The molecule has 0 bridgehead atoms. The maximum absolute atomic E-state index is 15.5. The van der Waals surface area contributed by atoms with Gasteiger partial charge in [-0.15, -0.1) is 0 Å². The number of rotatable bonds is 44. The second-order valence-electron chi connectivity index (χ2n) is 20.9. The van der Waals surface area contributed by atoms with E-state index in [1.165, 1.54) is 25.5 Å². The molecule has 9 atom stereocenters. The molecule has 1 saturated heterocycles. The highest BCUT2D eigenvalue weighted by molar-refractivity contribution is 6.02. The van der Waals surface area contributed by atoms with Crippen molar-refractivity contribution >= 4 is 65.0 Å². The summed E-state index contributed by atoms with van der Waals surface area (Å²) in [5.41, 5.74) is 51.1.